The van der Waals surface area contributed by atoms with Crippen LogP contribution in [0.1, 0.15) is 0 Å². The van der Waals surface area contributed by atoms with Crippen molar-refractivity contribution in [2.45, 2.75) is 6.04 Å². The van der Waals surface area contributed by atoms with Crippen molar-refractivity contribution in [1.82, 2.24) is 5.32 Å². The van der Waals surface area contributed by atoms with Crippen LogP contribution in [0.3, 0.4) is 0 Å². The summed E-state index contributed by atoms with van der Waals surface area (Å²) in [5.41, 5.74) is 1.13. The van der Waals surface area contributed by atoms with Gasteiger partial charge >= 0.3 is 6.09 Å². The van der Waals surface area contributed by atoms with Crippen LogP contribution in [0.15, 0.2) is 18.2 Å². The molecule has 2 rings (SSSR count). The molecule has 17 heavy (non-hydrogen) atoms. The van der Waals surface area contributed by atoms with Crippen molar-refractivity contribution in [2.24, 2.45) is 0 Å². The van der Waals surface area contributed by atoms with E-state index in [9.17, 15) is 9.59 Å². The fraction of sp³-hybridized carbons (Fsp3) is 0.200. The summed E-state index contributed by atoms with van der Waals surface area (Å²) in [5, 5.41) is 16.7. The van der Waals surface area contributed by atoms with Crippen LogP contribution in [0.5, 0.6) is 0 Å². The highest BCUT2D eigenvalue weighted by Gasteiger charge is 2.25. The topological polar surface area (TPSA) is 90.5 Å². The molecule has 1 unspecified atom stereocenters. The number of amides is 2. The molecule has 0 bridgehead atoms. The number of para-hydroxylation sites is 1. The Balaban J connectivity index is 2.25. The summed E-state index contributed by atoms with van der Waals surface area (Å²) in [6.07, 6.45) is -1.25. The number of fused-ring (bicyclic) bond motifs is 1. The van der Waals surface area contributed by atoms with Gasteiger partial charge in [-0.05, 0) is 12.1 Å². The summed E-state index contributed by atoms with van der Waals surface area (Å²) in [6.45, 7) is 0.172. The van der Waals surface area contributed by atoms with Crippen molar-refractivity contribution < 1.29 is 14.7 Å². The SMILES string of the molecule is O=C(O)NC1CNc2cccc(Cl)c2NC1=O. The van der Waals surface area contributed by atoms with Gasteiger partial charge in [0.1, 0.15) is 6.04 Å². The second kappa shape index (κ2) is 4.50. The van der Waals surface area contributed by atoms with Gasteiger partial charge in [-0.15, -0.1) is 0 Å². The fourth-order valence-electron chi connectivity index (χ4n) is 1.58. The van der Waals surface area contributed by atoms with Crippen molar-refractivity contribution >= 4 is 35.0 Å². The first-order valence-electron chi connectivity index (χ1n) is 4.90. The highest BCUT2D eigenvalue weighted by atomic mass is 35.5. The van der Waals surface area contributed by atoms with Crippen LogP contribution in [-0.2, 0) is 4.79 Å². The third kappa shape index (κ3) is 2.42. The molecule has 2 amide bonds. The number of anilines is 2. The lowest BCUT2D eigenvalue weighted by Crippen LogP contribution is -2.46. The number of benzene rings is 1. The number of hydrogen-bond donors (Lipinski definition) is 4. The largest absolute Gasteiger partial charge is 0.465 e. The van der Waals surface area contributed by atoms with Crippen molar-refractivity contribution in [3.63, 3.8) is 0 Å². The van der Waals surface area contributed by atoms with Gasteiger partial charge in [0.25, 0.3) is 0 Å². The maximum Gasteiger partial charge on any atom is 0.405 e. The maximum absolute atomic E-state index is 11.7. The lowest BCUT2D eigenvalue weighted by atomic mass is 10.2. The van der Waals surface area contributed by atoms with E-state index in [-0.39, 0.29) is 6.54 Å². The first-order chi connectivity index (χ1) is 8.08. The average molecular weight is 256 g/mol. The van der Waals surface area contributed by atoms with Crippen molar-refractivity contribution in [2.75, 3.05) is 17.2 Å². The second-order valence-electron chi connectivity index (χ2n) is 3.53. The van der Waals surface area contributed by atoms with Crippen LogP contribution in [-0.4, -0.2) is 29.7 Å². The number of carbonyl (C=O) groups excluding carboxylic acids is 1. The van der Waals surface area contributed by atoms with E-state index in [2.05, 4.69) is 16.0 Å². The van der Waals surface area contributed by atoms with E-state index >= 15 is 0 Å². The van der Waals surface area contributed by atoms with Crippen LogP contribution in [0.25, 0.3) is 0 Å². The summed E-state index contributed by atoms with van der Waals surface area (Å²) >= 11 is 5.94. The predicted octanol–water partition coefficient (Wildman–Crippen LogP) is 1.34. The molecule has 1 heterocycles. The zero-order chi connectivity index (χ0) is 12.4. The molecule has 1 aromatic rings. The average Bonchev–Trinajstić information content (AvgIpc) is 2.41. The molecular weight excluding hydrogens is 246 g/mol. The molecule has 7 heteroatoms. The minimum atomic E-state index is -1.25. The number of nitrogens with one attached hydrogen (secondary N) is 3. The van der Waals surface area contributed by atoms with Crippen LogP contribution < -0.4 is 16.0 Å². The predicted molar refractivity (Wildman–Crippen MR) is 63.5 cm³/mol. The van der Waals surface area contributed by atoms with E-state index in [0.29, 0.717) is 16.4 Å². The van der Waals surface area contributed by atoms with E-state index in [4.69, 9.17) is 16.7 Å². The standard InChI is InChI=1S/C10H10ClN3O3/c11-5-2-1-3-6-8(5)14-9(15)7(4-12-6)13-10(16)17/h1-3,7,12-13H,4H2,(H,14,15)(H,16,17). The van der Waals surface area contributed by atoms with E-state index in [1.165, 1.54) is 0 Å². The minimum Gasteiger partial charge on any atom is -0.465 e. The van der Waals surface area contributed by atoms with Crippen molar-refractivity contribution in [3.05, 3.63) is 23.2 Å². The Morgan fingerprint density at radius 2 is 2.29 bits per heavy atom. The maximum atomic E-state index is 11.7. The van der Waals surface area contributed by atoms with Gasteiger partial charge in [-0.3, -0.25) is 4.79 Å². The van der Waals surface area contributed by atoms with Gasteiger partial charge in [0.05, 0.1) is 16.4 Å². The van der Waals surface area contributed by atoms with Crippen molar-refractivity contribution in [1.29, 1.82) is 0 Å². The first kappa shape index (κ1) is 11.5. The molecule has 0 fully saturated rings. The normalized spacial score (nSPS) is 18.4. The molecular formula is C10H10ClN3O3. The molecule has 0 aromatic heterocycles. The zero-order valence-electron chi connectivity index (χ0n) is 8.66. The summed E-state index contributed by atoms with van der Waals surface area (Å²) in [5.74, 6) is -0.438. The molecule has 1 aromatic carbocycles. The molecule has 0 aliphatic carbocycles. The van der Waals surface area contributed by atoms with Crippen molar-refractivity contribution in [3.8, 4) is 0 Å². The molecule has 90 valence electrons. The molecule has 4 N–H and O–H groups in total. The molecule has 1 aliphatic heterocycles. The monoisotopic (exact) mass is 255 g/mol. The second-order valence-corrected chi connectivity index (χ2v) is 3.94. The first-order valence-corrected chi connectivity index (χ1v) is 5.28. The zero-order valence-corrected chi connectivity index (χ0v) is 9.41. The van der Waals surface area contributed by atoms with Crippen LogP contribution in [0, 0.1) is 0 Å². The summed E-state index contributed by atoms with van der Waals surface area (Å²) in [4.78, 5) is 22.2. The van der Waals surface area contributed by atoms with Gasteiger partial charge < -0.3 is 21.1 Å². The highest BCUT2D eigenvalue weighted by Crippen LogP contribution is 2.31. The fourth-order valence-corrected chi connectivity index (χ4v) is 1.80. The minimum absolute atomic E-state index is 0.172. The highest BCUT2D eigenvalue weighted by molar-refractivity contribution is 6.34. The van der Waals surface area contributed by atoms with E-state index in [0.717, 1.165) is 0 Å². The van der Waals surface area contributed by atoms with Gasteiger partial charge in [-0.25, -0.2) is 4.79 Å². The quantitative estimate of drug-likeness (QED) is 0.610. The van der Waals surface area contributed by atoms with Gasteiger partial charge in [-0.1, -0.05) is 17.7 Å². The molecule has 6 nitrogen and oxygen atoms in total. The molecule has 1 atom stereocenters. The number of halogens is 1. The smallest absolute Gasteiger partial charge is 0.405 e. The number of rotatable bonds is 1. The van der Waals surface area contributed by atoms with Gasteiger partial charge in [0.15, 0.2) is 0 Å². The number of hydrogen-bond acceptors (Lipinski definition) is 3. The van der Waals surface area contributed by atoms with E-state index in [1.54, 1.807) is 18.2 Å². The molecule has 0 spiro atoms. The number of carboxylic acid groups (broad SMARTS) is 1. The third-order valence-electron chi connectivity index (χ3n) is 2.37. The summed E-state index contributed by atoms with van der Waals surface area (Å²) in [6, 6.07) is 4.29. The third-order valence-corrected chi connectivity index (χ3v) is 2.69. The van der Waals surface area contributed by atoms with Gasteiger partial charge in [-0.2, -0.15) is 0 Å². The Kier molecular flexibility index (Phi) is 3.06. The van der Waals surface area contributed by atoms with Crippen LogP contribution in [0.4, 0.5) is 16.2 Å². The molecule has 0 saturated carbocycles. The lowest BCUT2D eigenvalue weighted by molar-refractivity contribution is -0.117. The Bertz CT molecular complexity index is 478. The molecule has 0 radical (unpaired) electrons. The van der Waals surface area contributed by atoms with Crippen LogP contribution >= 0.6 is 11.6 Å². The Labute approximate surface area is 102 Å². The lowest BCUT2D eigenvalue weighted by Gasteiger charge is -2.12. The summed E-state index contributed by atoms with van der Waals surface area (Å²) < 4.78 is 0. The molecule has 0 saturated heterocycles. The van der Waals surface area contributed by atoms with E-state index < -0.39 is 18.0 Å². The molecule has 1 aliphatic rings. The summed E-state index contributed by atoms with van der Waals surface area (Å²) in [7, 11) is 0. The van der Waals surface area contributed by atoms with Crippen LogP contribution in [0.2, 0.25) is 5.02 Å². The van der Waals surface area contributed by atoms with Gasteiger partial charge in [0.2, 0.25) is 5.91 Å². The van der Waals surface area contributed by atoms with E-state index in [1.807, 2.05) is 0 Å². The number of carbonyl (C=O) groups is 2. The Hall–Kier alpha value is -1.95. The Morgan fingerprint density at radius 3 is 3.00 bits per heavy atom. The van der Waals surface area contributed by atoms with Gasteiger partial charge in [0, 0.05) is 6.54 Å². The Morgan fingerprint density at radius 1 is 1.53 bits per heavy atom.